The maximum Gasteiger partial charge on any atom is 0.266 e. The number of morpholine rings is 1. The second kappa shape index (κ2) is 16.1. The van der Waals surface area contributed by atoms with E-state index in [9.17, 15) is 14.9 Å². The molecule has 0 atom stereocenters. The van der Waals surface area contributed by atoms with E-state index < -0.39 is 5.91 Å². The molecular weight excluding hydrogens is 660 g/mol. The van der Waals surface area contributed by atoms with Gasteiger partial charge in [0.25, 0.3) is 11.5 Å². The van der Waals surface area contributed by atoms with Crippen LogP contribution in [0.5, 0.6) is 11.5 Å². The van der Waals surface area contributed by atoms with E-state index >= 15 is 0 Å². The zero-order valence-corrected chi connectivity index (χ0v) is 29.6. The lowest BCUT2D eigenvalue weighted by molar-refractivity contribution is -0.112. The van der Waals surface area contributed by atoms with E-state index in [1.165, 1.54) is 20.4 Å². The van der Waals surface area contributed by atoms with E-state index in [-0.39, 0.29) is 28.1 Å². The molecule has 1 aliphatic heterocycles. The zero-order chi connectivity index (χ0) is 35.8. The molecule has 0 radical (unpaired) electrons. The number of benzene rings is 1. The lowest BCUT2D eigenvalue weighted by atomic mass is 9.93. The molecule has 4 heterocycles. The Morgan fingerprint density at radius 2 is 1.86 bits per heavy atom. The van der Waals surface area contributed by atoms with Gasteiger partial charge in [0.2, 0.25) is 5.95 Å². The highest BCUT2D eigenvalue weighted by Crippen LogP contribution is 2.38. The normalized spacial score (nSPS) is 13.9. The first-order chi connectivity index (χ1) is 24.0. The number of methoxy groups -OCH3 is 2. The van der Waals surface area contributed by atoms with Gasteiger partial charge in [-0.25, -0.2) is 4.98 Å². The van der Waals surface area contributed by atoms with Crippen molar-refractivity contribution in [3.8, 4) is 28.7 Å². The number of carbonyl (C=O) groups is 1. The monoisotopic (exact) mass is 700 g/mol. The lowest BCUT2D eigenvalue weighted by Gasteiger charge is -2.26. The predicted molar refractivity (Wildman–Crippen MR) is 193 cm³/mol. The van der Waals surface area contributed by atoms with E-state index in [4.69, 9.17) is 30.8 Å². The van der Waals surface area contributed by atoms with Gasteiger partial charge in [-0.3, -0.25) is 24.0 Å². The minimum Gasteiger partial charge on any atom is -0.497 e. The summed E-state index contributed by atoms with van der Waals surface area (Å²) in [5.74, 6) is 0.753. The molecule has 1 fully saturated rings. The van der Waals surface area contributed by atoms with E-state index in [2.05, 4.69) is 25.5 Å². The Kier molecular flexibility index (Phi) is 11.7. The van der Waals surface area contributed by atoms with Crippen molar-refractivity contribution in [2.75, 3.05) is 64.2 Å². The number of carbonyl (C=O) groups excluding carboxylic acids is 1. The van der Waals surface area contributed by atoms with Crippen LogP contribution < -0.4 is 25.7 Å². The van der Waals surface area contributed by atoms with Gasteiger partial charge < -0.3 is 24.8 Å². The summed E-state index contributed by atoms with van der Waals surface area (Å²) in [4.78, 5) is 43.1. The fourth-order valence-corrected chi connectivity index (χ4v) is 5.77. The Balaban J connectivity index is 1.44. The van der Waals surface area contributed by atoms with Gasteiger partial charge >= 0.3 is 0 Å². The number of nitrogens with one attached hydrogen (secondary N) is 2. The topological polar surface area (TPSA) is 157 Å². The van der Waals surface area contributed by atoms with Crippen molar-refractivity contribution in [2.24, 2.45) is 5.41 Å². The summed E-state index contributed by atoms with van der Waals surface area (Å²) >= 11 is 6.74. The minimum atomic E-state index is -0.506. The third-order valence-electron chi connectivity index (χ3n) is 8.02. The quantitative estimate of drug-likeness (QED) is 0.152. The number of amides is 1. The maximum absolute atomic E-state index is 14.3. The molecule has 0 saturated carbocycles. The molecular formula is C36H41ClN8O5. The highest BCUT2D eigenvalue weighted by molar-refractivity contribution is 6.35. The van der Waals surface area contributed by atoms with Crippen molar-refractivity contribution in [1.82, 2.24) is 24.4 Å². The molecule has 2 N–H and O–H groups in total. The molecule has 14 heteroatoms. The summed E-state index contributed by atoms with van der Waals surface area (Å²) in [7, 11) is 3.03. The second-order valence-corrected chi connectivity index (χ2v) is 13.2. The molecule has 0 bridgehead atoms. The van der Waals surface area contributed by atoms with Gasteiger partial charge in [-0.1, -0.05) is 38.4 Å². The van der Waals surface area contributed by atoms with E-state index in [1.54, 1.807) is 47.2 Å². The van der Waals surface area contributed by atoms with Gasteiger partial charge in [0, 0.05) is 73.6 Å². The largest absolute Gasteiger partial charge is 0.497 e. The first kappa shape index (κ1) is 36.3. The van der Waals surface area contributed by atoms with Gasteiger partial charge in [-0.15, -0.1) is 0 Å². The number of allylic oxidation sites excluding steroid dienone is 1. The van der Waals surface area contributed by atoms with Crippen LogP contribution in [-0.4, -0.2) is 83.9 Å². The van der Waals surface area contributed by atoms with Crippen molar-refractivity contribution in [1.29, 1.82) is 5.26 Å². The number of nitriles is 1. The third-order valence-corrected chi connectivity index (χ3v) is 8.41. The number of halogens is 1. The van der Waals surface area contributed by atoms with Crippen LogP contribution in [0, 0.1) is 16.7 Å². The van der Waals surface area contributed by atoms with Crippen LogP contribution in [0.4, 0.5) is 11.6 Å². The van der Waals surface area contributed by atoms with Gasteiger partial charge in [-0.2, -0.15) is 10.2 Å². The standard InChI is InChI=1S/C36H41ClN8O5/c1-36(2,3)19-24(20-38)33(46)42-26-7-6-25(40-22-26)8-10-45-32-23(21-41-35(43-32)39-9-11-44-12-14-50-15-13-44)16-29(34(45)47)28-17-27(48-4)18-30(49-5)31(28)37/h6-7,16-19,21-22H,8-15H2,1-5H3,(H,42,46)(H,39,41,43). The number of nitrogens with zero attached hydrogens (tertiary/aromatic N) is 6. The SMILES string of the molecule is COc1cc(OC)c(Cl)c(-c2cc3cnc(NCCN4CCOCC4)nc3n(CCc3ccc(NC(=O)C(C#N)=CC(C)(C)C)cn3)c2=O)c1. The summed E-state index contributed by atoms with van der Waals surface area (Å²) in [5.41, 5.74) is 1.74. The Bertz CT molecular complexity index is 1980. The summed E-state index contributed by atoms with van der Waals surface area (Å²) in [5, 5.41) is 16.4. The number of anilines is 2. The molecule has 13 nitrogen and oxygen atoms in total. The van der Waals surface area contributed by atoms with Crippen LogP contribution >= 0.6 is 11.6 Å². The Hall–Kier alpha value is -5.03. The summed E-state index contributed by atoms with van der Waals surface area (Å²) in [6.45, 7) is 10.6. The van der Waals surface area contributed by atoms with Crippen LogP contribution in [0.1, 0.15) is 26.5 Å². The molecule has 50 heavy (non-hydrogen) atoms. The van der Waals surface area contributed by atoms with E-state index in [0.29, 0.717) is 77.2 Å². The Labute approximate surface area is 295 Å². The summed E-state index contributed by atoms with van der Waals surface area (Å²) in [6.07, 6.45) is 5.21. The van der Waals surface area contributed by atoms with Crippen molar-refractivity contribution >= 4 is 40.2 Å². The maximum atomic E-state index is 14.3. The first-order valence-electron chi connectivity index (χ1n) is 16.3. The smallest absolute Gasteiger partial charge is 0.266 e. The molecule has 4 aromatic rings. The second-order valence-electron chi connectivity index (χ2n) is 12.8. The number of hydrogen-bond acceptors (Lipinski definition) is 11. The number of aromatic nitrogens is 4. The number of aryl methyl sites for hydroxylation is 2. The van der Waals surface area contributed by atoms with Crippen LogP contribution in [0.15, 0.2) is 59.2 Å². The third kappa shape index (κ3) is 8.95. The predicted octanol–water partition coefficient (Wildman–Crippen LogP) is 4.95. The molecule has 0 spiro atoms. The van der Waals surface area contributed by atoms with Crippen molar-refractivity contribution < 1.29 is 19.0 Å². The minimum absolute atomic E-state index is 0.0263. The van der Waals surface area contributed by atoms with E-state index in [0.717, 1.165) is 19.6 Å². The van der Waals surface area contributed by atoms with Crippen LogP contribution in [0.3, 0.4) is 0 Å². The molecule has 0 aliphatic carbocycles. The molecule has 0 unspecified atom stereocenters. The molecule has 262 valence electrons. The molecule has 1 saturated heterocycles. The molecule has 5 rings (SSSR count). The molecule has 1 amide bonds. The number of hydrogen-bond donors (Lipinski definition) is 2. The Morgan fingerprint density at radius 1 is 1.08 bits per heavy atom. The average Bonchev–Trinajstić information content (AvgIpc) is 3.11. The van der Waals surface area contributed by atoms with Gasteiger partial charge in [0.15, 0.2) is 0 Å². The lowest BCUT2D eigenvalue weighted by Crippen LogP contribution is -2.39. The highest BCUT2D eigenvalue weighted by Gasteiger charge is 2.20. The van der Waals surface area contributed by atoms with Gasteiger partial charge in [0.05, 0.1) is 44.3 Å². The van der Waals surface area contributed by atoms with Crippen LogP contribution in [0.2, 0.25) is 5.02 Å². The highest BCUT2D eigenvalue weighted by atomic mass is 35.5. The number of rotatable bonds is 12. The number of pyridine rings is 2. The Morgan fingerprint density at radius 3 is 2.52 bits per heavy atom. The number of fused-ring (bicyclic) bond motifs is 1. The van der Waals surface area contributed by atoms with Crippen molar-refractivity contribution in [2.45, 2.75) is 33.7 Å². The fourth-order valence-electron chi connectivity index (χ4n) is 5.48. The van der Waals surface area contributed by atoms with Crippen LogP contribution in [-0.2, 0) is 22.5 Å². The molecule has 3 aromatic heterocycles. The van der Waals surface area contributed by atoms with Gasteiger partial charge in [0.1, 0.15) is 28.8 Å². The number of ether oxygens (including phenoxy) is 3. The van der Waals surface area contributed by atoms with Gasteiger partial charge in [-0.05, 0) is 29.7 Å². The average molecular weight is 701 g/mol. The van der Waals surface area contributed by atoms with Crippen molar-refractivity contribution in [3.63, 3.8) is 0 Å². The molecule has 1 aromatic carbocycles. The molecule has 1 aliphatic rings. The summed E-state index contributed by atoms with van der Waals surface area (Å²) < 4.78 is 18.0. The van der Waals surface area contributed by atoms with Crippen molar-refractivity contribution in [3.05, 3.63) is 75.4 Å². The fraction of sp³-hybridized carbons (Fsp3) is 0.389. The zero-order valence-electron chi connectivity index (χ0n) is 28.9. The summed E-state index contributed by atoms with van der Waals surface area (Å²) in [6, 6.07) is 10.5. The van der Waals surface area contributed by atoms with E-state index in [1.807, 2.05) is 26.8 Å². The first-order valence-corrected chi connectivity index (χ1v) is 16.6. The van der Waals surface area contributed by atoms with Crippen LogP contribution in [0.25, 0.3) is 22.2 Å².